The largest absolute Gasteiger partial charge is 0.355 e. The predicted molar refractivity (Wildman–Crippen MR) is 117 cm³/mol. The molecule has 1 unspecified atom stereocenters. The molecule has 2 aromatic heterocycles. The van der Waals surface area contributed by atoms with Gasteiger partial charge in [-0.05, 0) is 41.6 Å². The summed E-state index contributed by atoms with van der Waals surface area (Å²) in [7, 11) is 3.73. The van der Waals surface area contributed by atoms with E-state index in [1.165, 1.54) is 0 Å². The van der Waals surface area contributed by atoms with Crippen LogP contribution in [0, 0.1) is 0 Å². The Balaban J connectivity index is 1.46. The van der Waals surface area contributed by atoms with Crippen molar-refractivity contribution in [3.05, 3.63) is 59.2 Å². The van der Waals surface area contributed by atoms with Crippen LogP contribution in [0.3, 0.4) is 0 Å². The molecule has 0 spiro atoms. The first-order valence-corrected chi connectivity index (χ1v) is 9.98. The molecular weight excluding hydrogens is 378 g/mol. The van der Waals surface area contributed by atoms with Crippen LogP contribution in [0.4, 0.5) is 17.3 Å². The molecule has 0 fully saturated rings. The van der Waals surface area contributed by atoms with E-state index < -0.39 is 0 Å². The van der Waals surface area contributed by atoms with Crippen LogP contribution in [0.15, 0.2) is 36.5 Å². The lowest BCUT2D eigenvalue weighted by Crippen LogP contribution is -2.19. The lowest BCUT2D eigenvalue weighted by Gasteiger charge is -2.15. The highest BCUT2D eigenvalue weighted by molar-refractivity contribution is 6.03. The first-order valence-electron chi connectivity index (χ1n) is 9.98. The van der Waals surface area contributed by atoms with Crippen LogP contribution >= 0.6 is 0 Å². The summed E-state index contributed by atoms with van der Waals surface area (Å²) in [4.78, 5) is 21.7. The van der Waals surface area contributed by atoms with Crippen LogP contribution in [0.1, 0.15) is 60.2 Å². The van der Waals surface area contributed by atoms with Gasteiger partial charge >= 0.3 is 5.82 Å². The Morgan fingerprint density at radius 1 is 1.20 bits per heavy atom. The van der Waals surface area contributed by atoms with Crippen molar-refractivity contribution in [2.75, 3.05) is 17.7 Å². The number of hydrogen-bond acceptors (Lipinski definition) is 5. The van der Waals surface area contributed by atoms with Crippen molar-refractivity contribution in [2.24, 2.45) is 7.05 Å². The zero-order valence-electron chi connectivity index (χ0n) is 17.8. The van der Waals surface area contributed by atoms with Gasteiger partial charge in [-0.15, -0.1) is 0 Å². The quantitative estimate of drug-likeness (QED) is 0.614. The zero-order chi connectivity index (χ0) is 21.4. The molecule has 0 saturated carbocycles. The zero-order valence-corrected chi connectivity index (χ0v) is 17.8. The maximum absolute atomic E-state index is 12.7. The molecule has 1 atom stereocenters. The molecule has 0 saturated heterocycles. The number of anilines is 2. The standard InChI is InChI=1S/C22H25N7O/c1-13(2)17-10-19(29(5)27-17)22(30)25-16-8-6-7-15(9-16)14(3)24-20-11-23-18-12-28(4)21(18)26-20/h6-14H,1-5H3,(H,25,30)/p+1. The molecular formula is C22H26N7O+. The van der Waals surface area contributed by atoms with Gasteiger partial charge in [-0.3, -0.25) is 9.48 Å². The summed E-state index contributed by atoms with van der Waals surface area (Å²) in [5, 5.41) is 10.8. The van der Waals surface area contributed by atoms with Gasteiger partial charge in [0.05, 0.1) is 25.0 Å². The fraction of sp³-hybridized carbons (Fsp3) is 0.318. The molecule has 3 aromatic rings. The number of aromatic nitrogens is 4. The third kappa shape index (κ3) is 3.80. The van der Waals surface area contributed by atoms with Gasteiger partial charge in [-0.2, -0.15) is 5.10 Å². The molecule has 1 aliphatic rings. The predicted octanol–water partition coefficient (Wildman–Crippen LogP) is 3.47. The Kier molecular flexibility index (Phi) is 5.07. The molecule has 1 amide bonds. The molecule has 0 radical (unpaired) electrons. The number of carbonyl (C=O) groups is 1. The molecule has 1 aliphatic heterocycles. The van der Waals surface area contributed by atoms with E-state index in [0.29, 0.717) is 11.5 Å². The second-order valence-electron chi connectivity index (χ2n) is 7.88. The molecule has 0 aliphatic carbocycles. The Bertz CT molecular complexity index is 1150. The fourth-order valence-electron chi connectivity index (χ4n) is 3.36. The number of nitrogens with zero attached hydrogens (tertiary/aromatic N) is 5. The van der Waals surface area contributed by atoms with Crippen LogP contribution in [0.2, 0.25) is 0 Å². The van der Waals surface area contributed by atoms with Crippen molar-refractivity contribution in [1.82, 2.24) is 19.7 Å². The monoisotopic (exact) mass is 404 g/mol. The summed E-state index contributed by atoms with van der Waals surface area (Å²) in [6.07, 6.45) is 3.67. The molecule has 154 valence electrons. The highest BCUT2D eigenvalue weighted by Crippen LogP contribution is 2.25. The Labute approximate surface area is 175 Å². The van der Waals surface area contributed by atoms with E-state index in [9.17, 15) is 4.79 Å². The first-order chi connectivity index (χ1) is 14.3. The number of amides is 1. The molecule has 1 aromatic carbocycles. The molecule has 4 rings (SSSR count). The number of benzene rings is 1. The minimum atomic E-state index is -0.179. The maximum Gasteiger partial charge on any atom is 0.355 e. The Hall–Kier alpha value is -3.55. The minimum absolute atomic E-state index is 0.00666. The lowest BCUT2D eigenvalue weighted by molar-refractivity contribution is -0.416. The number of fused-ring (bicyclic) bond motifs is 1. The van der Waals surface area contributed by atoms with E-state index in [2.05, 4.69) is 39.5 Å². The molecule has 30 heavy (non-hydrogen) atoms. The molecule has 0 bridgehead atoms. The molecule has 2 N–H and O–H groups in total. The number of hydrogen-bond donors (Lipinski definition) is 2. The van der Waals surface area contributed by atoms with Crippen molar-refractivity contribution in [3.63, 3.8) is 0 Å². The van der Waals surface area contributed by atoms with Gasteiger partial charge in [0.2, 0.25) is 0 Å². The van der Waals surface area contributed by atoms with Crippen molar-refractivity contribution in [1.29, 1.82) is 0 Å². The molecule has 3 heterocycles. The van der Waals surface area contributed by atoms with Gasteiger partial charge in [0.25, 0.3) is 11.7 Å². The number of carbonyl (C=O) groups excluding carboxylic acids is 1. The van der Waals surface area contributed by atoms with Crippen molar-refractivity contribution in [3.8, 4) is 0 Å². The van der Waals surface area contributed by atoms with E-state index >= 15 is 0 Å². The van der Waals surface area contributed by atoms with E-state index in [1.807, 2.05) is 55.1 Å². The minimum Gasteiger partial charge on any atom is -0.342 e. The van der Waals surface area contributed by atoms with E-state index in [0.717, 1.165) is 28.5 Å². The van der Waals surface area contributed by atoms with Crippen LogP contribution < -0.4 is 10.6 Å². The fourth-order valence-corrected chi connectivity index (χ4v) is 3.36. The number of rotatable bonds is 6. The van der Waals surface area contributed by atoms with Gasteiger partial charge in [-0.1, -0.05) is 26.0 Å². The summed E-state index contributed by atoms with van der Waals surface area (Å²) in [5.41, 5.74) is 4.10. The molecule has 8 heteroatoms. The van der Waals surface area contributed by atoms with Gasteiger partial charge in [0.15, 0.2) is 5.69 Å². The SMILES string of the molecule is CC(C)c1cc(C(=O)Nc2cccc(C(C)Nc3cnc4c(n3)[N+](C)=C4)c2)n(C)n1. The van der Waals surface area contributed by atoms with Gasteiger partial charge in [0, 0.05) is 12.7 Å². The van der Waals surface area contributed by atoms with Gasteiger partial charge in [-0.25, -0.2) is 9.56 Å². The Morgan fingerprint density at radius 3 is 2.70 bits per heavy atom. The summed E-state index contributed by atoms with van der Waals surface area (Å²) in [5.74, 6) is 1.67. The van der Waals surface area contributed by atoms with E-state index in [-0.39, 0.29) is 17.9 Å². The number of aryl methyl sites for hydroxylation is 1. The van der Waals surface area contributed by atoms with E-state index in [1.54, 1.807) is 17.9 Å². The summed E-state index contributed by atoms with van der Waals surface area (Å²) >= 11 is 0. The average Bonchev–Trinajstić information content (AvgIpc) is 3.11. The summed E-state index contributed by atoms with van der Waals surface area (Å²) in [6, 6.07) is 9.62. The van der Waals surface area contributed by atoms with Crippen LogP contribution in [-0.2, 0) is 7.05 Å². The lowest BCUT2D eigenvalue weighted by atomic mass is 10.1. The van der Waals surface area contributed by atoms with Crippen molar-refractivity contribution in [2.45, 2.75) is 32.7 Å². The normalized spacial score (nSPS) is 13.3. The number of nitrogens with one attached hydrogen (secondary N) is 2. The second-order valence-corrected chi connectivity index (χ2v) is 7.88. The first kappa shape index (κ1) is 19.8. The summed E-state index contributed by atoms with van der Waals surface area (Å²) in [6.45, 7) is 6.16. The van der Waals surface area contributed by atoms with Crippen molar-refractivity contribution >= 4 is 29.4 Å². The third-order valence-corrected chi connectivity index (χ3v) is 5.16. The highest BCUT2D eigenvalue weighted by atomic mass is 16.2. The highest BCUT2D eigenvalue weighted by Gasteiger charge is 2.26. The average molecular weight is 404 g/mol. The topological polar surface area (TPSA) is 87.7 Å². The van der Waals surface area contributed by atoms with Crippen molar-refractivity contribution < 1.29 is 9.37 Å². The van der Waals surface area contributed by atoms with Gasteiger partial charge < -0.3 is 10.6 Å². The van der Waals surface area contributed by atoms with Crippen LogP contribution in [0.5, 0.6) is 0 Å². The third-order valence-electron chi connectivity index (χ3n) is 5.16. The molecule has 8 nitrogen and oxygen atoms in total. The van der Waals surface area contributed by atoms with Gasteiger partial charge in [0.1, 0.15) is 11.9 Å². The smallest absolute Gasteiger partial charge is 0.342 e. The van der Waals surface area contributed by atoms with Crippen LogP contribution in [-0.4, -0.2) is 43.5 Å². The second kappa shape index (κ2) is 7.70. The summed E-state index contributed by atoms with van der Waals surface area (Å²) < 4.78 is 3.56. The van der Waals surface area contributed by atoms with E-state index in [4.69, 9.17) is 0 Å². The Morgan fingerprint density at radius 2 is 2.00 bits per heavy atom. The van der Waals surface area contributed by atoms with Crippen LogP contribution in [0.25, 0.3) is 0 Å². The maximum atomic E-state index is 12.7.